The summed E-state index contributed by atoms with van der Waals surface area (Å²) in [6, 6.07) is 4.18. The molecule has 0 aliphatic heterocycles. The second-order valence-electron chi connectivity index (χ2n) is 13.0. The highest BCUT2D eigenvalue weighted by Crippen LogP contribution is 2.12. The molecule has 0 aromatic heterocycles. The molecule has 0 bridgehead atoms. The molecule has 0 spiro atoms. The van der Waals surface area contributed by atoms with Crippen LogP contribution in [0.3, 0.4) is 0 Å². The number of aliphatic imine (C=N–C) groups is 1. The number of carboxylic acids is 2. The molecule has 2 rings (SSSR count). The van der Waals surface area contributed by atoms with E-state index in [-0.39, 0.29) is 43.9 Å². The molecule has 322 valence electrons. The molecule has 6 amide bonds. The number of hydrogen-bond donors (Lipinski definition) is 14. The van der Waals surface area contributed by atoms with Gasteiger partial charge in [0.2, 0.25) is 35.4 Å². The molecular formula is C36H50N10O13. The van der Waals surface area contributed by atoms with E-state index in [2.05, 4.69) is 36.9 Å². The Morgan fingerprint density at radius 1 is 0.627 bits per heavy atom. The van der Waals surface area contributed by atoms with Gasteiger partial charge in [-0.1, -0.05) is 42.5 Å². The third-order valence-electron chi connectivity index (χ3n) is 8.29. The lowest BCUT2D eigenvalue weighted by Crippen LogP contribution is -2.60. The van der Waals surface area contributed by atoms with Crippen molar-refractivity contribution in [2.75, 3.05) is 26.3 Å². The third kappa shape index (κ3) is 17.9. The van der Waals surface area contributed by atoms with Crippen LogP contribution >= 0.6 is 0 Å². The number of aliphatic hydroxyl groups is 2. The van der Waals surface area contributed by atoms with Gasteiger partial charge in [-0.3, -0.25) is 38.6 Å². The Labute approximate surface area is 337 Å². The van der Waals surface area contributed by atoms with Crippen molar-refractivity contribution < 1.29 is 63.9 Å². The van der Waals surface area contributed by atoms with Crippen LogP contribution < -0.4 is 49.1 Å². The number of benzene rings is 2. The second kappa shape index (κ2) is 24.7. The summed E-state index contributed by atoms with van der Waals surface area (Å²) in [5.41, 5.74) is 17.1. The molecule has 17 N–H and O–H groups in total. The zero-order valence-corrected chi connectivity index (χ0v) is 31.7. The summed E-state index contributed by atoms with van der Waals surface area (Å²) in [6.07, 6.45) is -1.58. The number of aliphatic carboxylic acids is 2. The van der Waals surface area contributed by atoms with Gasteiger partial charge in [-0.2, -0.15) is 0 Å². The van der Waals surface area contributed by atoms with E-state index in [4.69, 9.17) is 22.3 Å². The molecule has 0 saturated carbocycles. The number of nitrogens with one attached hydrogen (secondary N) is 6. The zero-order chi connectivity index (χ0) is 44.1. The Kier molecular flexibility index (Phi) is 20.2. The van der Waals surface area contributed by atoms with E-state index >= 15 is 0 Å². The van der Waals surface area contributed by atoms with E-state index < -0.39 is 110 Å². The van der Waals surface area contributed by atoms with Crippen molar-refractivity contribution in [3.05, 3.63) is 65.7 Å². The molecule has 0 radical (unpaired) electrons. The van der Waals surface area contributed by atoms with Crippen LogP contribution in [0.5, 0.6) is 5.75 Å². The quantitative estimate of drug-likeness (QED) is 0.0252. The first kappa shape index (κ1) is 48.3. The number of carboxylic acid groups (broad SMARTS) is 2. The number of amides is 6. The summed E-state index contributed by atoms with van der Waals surface area (Å²) in [5, 5.41) is 61.5. The smallest absolute Gasteiger partial charge is 0.326 e. The fourth-order valence-corrected chi connectivity index (χ4v) is 5.19. The average molecular weight is 831 g/mol. The number of carbonyl (C=O) groups excluding carboxylic acids is 6. The van der Waals surface area contributed by atoms with E-state index in [0.717, 1.165) is 0 Å². The summed E-state index contributed by atoms with van der Waals surface area (Å²) in [5.74, 6) is -9.47. The van der Waals surface area contributed by atoms with Gasteiger partial charge in [0, 0.05) is 19.4 Å². The molecule has 23 nitrogen and oxygen atoms in total. The summed E-state index contributed by atoms with van der Waals surface area (Å²) < 4.78 is 0. The minimum Gasteiger partial charge on any atom is -0.508 e. The number of aromatic hydroxyl groups is 1. The molecule has 2 aromatic carbocycles. The van der Waals surface area contributed by atoms with Gasteiger partial charge in [-0.05, 0) is 36.1 Å². The van der Waals surface area contributed by atoms with Gasteiger partial charge in [0.15, 0.2) is 5.96 Å². The van der Waals surface area contributed by atoms with E-state index in [0.29, 0.717) is 11.1 Å². The molecule has 2 aromatic rings. The van der Waals surface area contributed by atoms with Crippen LogP contribution in [0.25, 0.3) is 0 Å². The van der Waals surface area contributed by atoms with Crippen LogP contribution in [-0.4, -0.2) is 141 Å². The van der Waals surface area contributed by atoms with E-state index in [1.165, 1.54) is 24.3 Å². The zero-order valence-electron chi connectivity index (χ0n) is 31.7. The van der Waals surface area contributed by atoms with Crippen molar-refractivity contribution in [1.29, 1.82) is 0 Å². The average Bonchev–Trinajstić information content (AvgIpc) is 3.19. The van der Waals surface area contributed by atoms with Crippen LogP contribution in [-0.2, 0) is 51.2 Å². The molecule has 23 heteroatoms. The van der Waals surface area contributed by atoms with Gasteiger partial charge in [-0.25, -0.2) is 4.79 Å². The van der Waals surface area contributed by atoms with Crippen molar-refractivity contribution in [3.8, 4) is 5.75 Å². The second-order valence-corrected chi connectivity index (χ2v) is 13.0. The van der Waals surface area contributed by atoms with Gasteiger partial charge < -0.3 is 74.6 Å². The van der Waals surface area contributed by atoms with Gasteiger partial charge in [0.05, 0.1) is 26.2 Å². The van der Waals surface area contributed by atoms with Crippen LogP contribution in [0.15, 0.2) is 59.6 Å². The van der Waals surface area contributed by atoms with Crippen molar-refractivity contribution in [3.63, 3.8) is 0 Å². The predicted molar refractivity (Wildman–Crippen MR) is 207 cm³/mol. The van der Waals surface area contributed by atoms with Crippen molar-refractivity contribution in [2.24, 2.45) is 22.2 Å². The Bertz CT molecular complexity index is 1790. The van der Waals surface area contributed by atoms with E-state index in [1.54, 1.807) is 30.3 Å². The monoisotopic (exact) mass is 830 g/mol. The number of nitrogens with two attached hydrogens (primary N) is 3. The number of phenols is 1. The number of phenolic OH excluding ortho intramolecular Hbond substituents is 1. The number of carbonyl (C=O) groups is 8. The topological polar surface area (TPSA) is 400 Å². The largest absolute Gasteiger partial charge is 0.508 e. The van der Waals surface area contributed by atoms with Crippen LogP contribution in [0, 0.1) is 0 Å². The maximum atomic E-state index is 13.9. The molecule has 0 saturated heterocycles. The minimum atomic E-state index is -1.84. The molecule has 0 heterocycles. The lowest BCUT2D eigenvalue weighted by molar-refractivity contribution is -0.143. The normalized spacial score (nSPS) is 13.7. The summed E-state index contributed by atoms with van der Waals surface area (Å²) >= 11 is 0. The lowest BCUT2D eigenvalue weighted by Gasteiger charge is -2.26. The standard InChI is InChI=1S/C36H50N10O13/c37-22(17-47)30(53)41-16-28(50)42-27(18-48)34(57)43-23(7-4-12-40-36(38)39)31(54)44-24(13-19-5-2-1-3-6-19)32(55)45-25(15-29(51)52)33(56)46-26(35(58)59)14-20-8-10-21(49)11-9-20/h1-3,5-6,8-11,22-27,47-49H,4,7,12-18,37H2,(H,41,53)(H,42,50)(H,43,57)(H,44,54)(H,45,55)(H,46,56)(H,51,52)(H,58,59)(H4,38,39,40). The van der Waals surface area contributed by atoms with E-state index in [1.807, 2.05) is 0 Å². The highest BCUT2D eigenvalue weighted by atomic mass is 16.4. The maximum absolute atomic E-state index is 13.9. The van der Waals surface area contributed by atoms with Gasteiger partial charge in [-0.15, -0.1) is 0 Å². The Morgan fingerprint density at radius 3 is 1.73 bits per heavy atom. The lowest BCUT2D eigenvalue weighted by atomic mass is 10.0. The first-order valence-corrected chi connectivity index (χ1v) is 18.0. The van der Waals surface area contributed by atoms with Gasteiger partial charge in [0.25, 0.3) is 0 Å². The number of nitrogens with zero attached hydrogens (tertiary/aromatic N) is 1. The molecule has 0 fully saturated rings. The van der Waals surface area contributed by atoms with Crippen molar-refractivity contribution in [1.82, 2.24) is 31.9 Å². The van der Waals surface area contributed by atoms with Gasteiger partial charge >= 0.3 is 11.9 Å². The van der Waals surface area contributed by atoms with Crippen LogP contribution in [0.2, 0.25) is 0 Å². The number of hydrogen-bond acceptors (Lipinski definition) is 13. The van der Waals surface area contributed by atoms with Gasteiger partial charge in [0.1, 0.15) is 42.0 Å². The number of rotatable bonds is 25. The van der Waals surface area contributed by atoms with Crippen molar-refractivity contribution in [2.45, 2.75) is 68.4 Å². The predicted octanol–water partition coefficient (Wildman–Crippen LogP) is -5.36. The van der Waals surface area contributed by atoms with Crippen LogP contribution in [0.1, 0.15) is 30.4 Å². The highest BCUT2D eigenvalue weighted by Gasteiger charge is 2.33. The molecule has 6 unspecified atom stereocenters. The fourth-order valence-electron chi connectivity index (χ4n) is 5.19. The minimum absolute atomic E-state index is 0.0121. The Balaban J connectivity index is 2.35. The third-order valence-corrected chi connectivity index (χ3v) is 8.29. The first-order valence-electron chi connectivity index (χ1n) is 18.0. The molecule has 0 aliphatic rings. The molecule has 0 aliphatic carbocycles. The number of aliphatic hydroxyl groups excluding tert-OH is 2. The fraction of sp³-hybridized carbons (Fsp3) is 0.417. The summed E-state index contributed by atoms with van der Waals surface area (Å²) in [7, 11) is 0. The van der Waals surface area contributed by atoms with Crippen molar-refractivity contribution >= 4 is 53.3 Å². The molecule has 6 atom stereocenters. The highest BCUT2D eigenvalue weighted by molar-refractivity contribution is 5.97. The number of guanidine groups is 1. The Morgan fingerprint density at radius 2 is 1.15 bits per heavy atom. The Hall–Kier alpha value is -6.85. The maximum Gasteiger partial charge on any atom is 0.326 e. The molecule has 59 heavy (non-hydrogen) atoms. The first-order chi connectivity index (χ1) is 27.9. The van der Waals surface area contributed by atoms with E-state index in [9.17, 15) is 58.8 Å². The van der Waals surface area contributed by atoms with Crippen LogP contribution in [0.4, 0.5) is 0 Å². The SMILES string of the molecule is NC(N)=NCCCC(NC(=O)C(CO)NC(=O)CNC(=O)C(N)CO)C(=O)NC(Cc1ccccc1)C(=O)NC(CC(=O)O)C(=O)NC(Cc1ccc(O)cc1)C(=O)O. The summed E-state index contributed by atoms with van der Waals surface area (Å²) in [4.78, 5) is 106. The summed E-state index contributed by atoms with van der Waals surface area (Å²) in [6.45, 7) is -2.37. The molecular weight excluding hydrogens is 780 g/mol.